The van der Waals surface area contributed by atoms with Crippen molar-refractivity contribution in [2.24, 2.45) is 7.05 Å². The van der Waals surface area contributed by atoms with E-state index >= 15 is 0 Å². The summed E-state index contributed by atoms with van der Waals surface area (Å²) >= 11 is 6.37. The maximum atomic E-state index is 13.1. The second-order valence-electron chi connectivity index (χ2n) is 8.13. The van der Waals surface area contributed by atoms with E-state index in [1.807, 2.05) is 19.3 Å². The van der Waals surface area contributed by atoms with E-state index in [1.165, 1.54) is 4.57 Å². The molecule has 0 unspecified atom stereocenters. The second kappa shape index (κ2) is 8.76. The smallest absolute Gasteiger partial charge is 0.277 e. The second-order valence-corrected chi connectivity index (χ2v) is 8.51. The van der Waals surface area contributed by atoms with Crippen LogP contribution < -0.4 is 10.3 Å². The summed E-state index contributed by atoms with van der Waals surface area (Å²) in [4.78, 5) is 26.0. The maximum absolute atomic E-state index is 13.1. The Kier molecular flexibility index (Phi) is 6.01. The highest BCUT2D eigenvalue weighted by atomic mass is 35.5. The van der Waals surface area contributed by atoms with Gasteiger partial charge in [0.15, 0.2) is 5.82 Å². The van der Waals surface area contributed by atoms with E-state index in [0.717, 1.165) is 5.69 Å². The highest BCUT2D eigenvalue weighted by molar-refractivity contribution is 6.31. The number of hydrogen-bond donors (Lipinski definition) is 1. The molecule has 4 rings (SSSR count). The van der Waals surface area contributed by atoms with Crippen molar-refractivity contribution in [3.8, 4) is 22.7 Å². The minimum absolute atomic E-state index is 0.0340. The maximum Gasteiger partial charge on any atom is 0.277 e. The lowest BCUT2D eigenvalue weighted by molar-refractivity contribution is 0.0688. The summed E-state index contributed by atoms with van der Waals surface area (Å²) in [6.45, 7) is 5.21. The van der Waals surface area contributed by atoms with Crippen LogP contribution in [-0.2, 0) is 19.3 Å². The first-order chi connectivity index (χ1) is 15.6. The molecular formula is C23H23ClN6O3. The molecule has 9 nitrogen and oxygen atoms in total. The Morgan fingerprint density at radius 2 is 2.00 bits per heavy atom. The molecular weight excluding hydrogens is 444 g/mol. The molecule has 170 valence electrons. The van der Waals surface area contributed by atoms with Crippen molar-refractivity contribution >= 4 is 11.6 Å². The molecule has 0 aliphatic rings. The first-order valence-electron chi connectivity index (χ1n) is 10.2. The third kappa shape index (κ3) is 4.79. The van der Waals surface area contributed by atoms with Crippen molar-refractivity contribution in [2.75, 3.05) is 0 Å². The van der Waals surface area contributed by atoms with Crippen LogP contribution in [0.4, 0.5) is 0 Å². The first kappa shape index (κ1) is 22.6. The lowest BCUT2D eigenvalue weighted by Gasteiger charge is -2.16. The number of ether oxygens (including phenoxy) is 1. The van der Waals surface area contributed by atoms with Gasteiger partial charge in [-0.3, -0.25) is 19.0 Å². The van der Waals surface area contributed by atoms with E-state index in [-0.39, 0.29) is 23.2 Å². The molecule has 0 bridgehead atoms. The van der Waals surface area contributed by atoms with Gasteiger partial charge in [-0.25, -0.2) is 9.97 Å². The molecule has 4 heterocycles. The number of hydrogen-bond acceptors (Lipinski definition) is 7. The predicted molar refractivity (Wildman–Crippen MR) is 123 cm³/mol. The van der Waals surface area contributed by atoms with E-state index in [2.05, 4.69) is 20.1 Å². The molecule has 0 saturated carbocycles. The van der Waals surface area contributed by atoms with E-state index in [4.69, 9.17) is 16.3 Å². The number of rotatable bonds is 6. The summed E-state index contributed by atoms with van der Waals surface area (Å²) < 4.78 is 8.88. The van der Waals surface area contributed by atoms with Crippen molar-refractivity contribution in [3.63, 3.8) is 0 Å². The zero-order valence-corrected chi connectivity index (χ0v) is 19.4. The highest BCUT2D eigenvalue weighted by Crippen LogP contribution is 2.26. The minimum atomic E-state index is -1.19. The van der Waals surface area contributed by atoms with Gasteiger partial charge in [-0.2, -0.15) is 5.10 Å². The molecule has 0 aliphatic carbocycles. The molecule has 0 saturated heterocycles. The van der Waals surface area contributed by atoms with Gasteiger partial charge in [-0.15, -0.1) is 0 Å². The molecule has 33 heavy (non-hydrogen) atoms. The lowest BCUT2D eigenvalue weighted by Crippen LogP contribution is -2.22. The standard InChI is InChI=1S/C23H23ClN6O3/c1-14-9-19(33-13-16-6-8-29(4)28-16)20(24)21(31)30(14)17-10-15(11-25-12-17)18-5-7-26-22(27-18)23(2,3)32/h5-12,32H,13H2,1-4H3. The van der Waals surface area contributed by atoms with Crippen molar-refractivity contribution in [3.05, 3.63) is 81.6 Å². The third-order valence-corrected chi connectivity index (χ3v) is 5.27. The summed E-state index contributed by atoms with van der Waals surface area (Å²) in [5, 5.41) is 14.4. The fourth-order valence-electron chi connectivity index (χ4n) is 3.30. The van der Waals surface area contributed by atoms with E-state index < -0.39 is 11.2 Å². The highest BCUT2D eigenvalue weighted by Gasteiger charge is 2.20. The Hall–Kier alpha value is -3.56. The number of nitrogens with zero attached hydrogens (tertiary/aromatic N) is 6. The molecule has 0 amide bonds. The third-order valence-electron chi connectivity index (χ3n) is 4.92. The van der Waals surface area contributed by atoms with Crippen molar-refractivity contribution in [2.45, 2.75) is 33.0 Å². The predicted octanol–water partition coefficient (Wildman–Crippen LogP) is 3.19. The van der Waals surface area contributed by atoms with E-state index in [0.29, 0.717) is 22.6 Å². The van der Waals surface area contributed by atoms with Crippen molar-refractivity contribution in [1.82, 2.24) is 29.3 Å². The Labute approximate surface area is 195 Å². The minimum Gasteiger partial charge on any atom is -0.485 e. The van der Waals surface area contributed by atoms with Gasteiger partial charge in [0.25, 0.3) is 5.56 Å². The normalized spacial score (nSPS) is 11.6. The van der Waals surface area contributed by atoms with Crippen LogP contribution in [0.15, 0.2) is 53.8 Å². The number of halogens is 1. The fourth-order valence-corrected chi connectivity index (χ4v) is 3.50. The summed E-state index contributed by atoms with van der Waals surface area (Å²) in [5.74, 6) is 0.576. The lowest BCUT2D eigenvalue weighted by atomic mass is 10.1. The molecule has 4 aromatic heterocycles. The van der Waals surface area contributed by atoms with Crippen LogP contribution in [0.2, 0.25) is 5.02 Å². The number of aryl methyl sites for hydroxylation is 2. The molecule has 0 radical (unpaired) electrons. The van der Waals surface area contributed by atoms with Gasteiger partial charge < -0.3 is 9.84 Å². The van der Waals surface area contributed by atoms with Gasteiger partial charge in [-0.1, -0.05) is 11.6 Å². The van der Waals surface area contributed by atoms with E-state index in [9.17, 15) is 9.90 Å². The van der Waals surface area contributed by atoms with Gasteiger partial charge in [-0.05, 0) is 39.0 Å². The Bertz CT molecular complexity index is 1370. The Morgan fingerprint density at radius 3 is 2.70 bits per heavy atom. The van der Waals surface area contributed by atoms with Gasteiger partial charge in [0.05, 0.1) is 23.3 Å². The van der Waals surface area contributed by atoms with Crippen LogP contribution in [0.3, 0.4) is 0 Å². The van der Waals surface area contributed by atoms with Crippen LogP contribution >= 0.6 is 11.6 Å². The van der Waals surface area contributed by atoms with Crippen molar-refractivity contribution in [1.29, 1.82) is 0 Å². The average molecular weight is 467 g/mol. The van der Waals surface area contributed by atoms with Crippen LogP contribution in [0, 0.1) is 6.92 Å². The molecule has 0 atom stereocenters. The van der Waals surface area contributed by atoms with Crippen molar-refractivity contribution < 1.29 is 9.84 Å². The fraction of sp³-hybridized carbons (Fsp3) is 0.261. The van der Waals surface area contributed by atoms with Gasteiger partial charge in [0, 0.05) is 43.0 Å². The Balaban J connectivity index is 1.69. The zero-order chi connectivity index (χ0) is 23.8. The van der Waals surface area contributed by atoms with Gasteiger partial charge in [0.1, 0.15) is 23.0 Å². The summed E-state index contributed by atoms with van der Waals surface area (Å²) in [6.07, 6.45) is 6.59. The monoisotopic (exact) mass is 466 g/mol. The average Bonchev–Trinajstić information content (AvgIpc) is 3.20. The summed E-state index contributed by atoms with van der Waals surface area (Å²) in [6, 6.07) is 7.03. The molecule has 0 aromatic carbocycles. The van der Waals surface area contributed by atoms with Gasteiger partial charge >= 0.3 is 0 Å². The molecule has 0 aliphatic heterocycles. The quantitative estimate of drug-likeness (QED) is 0.464. The number of pyridine rings is 2. The Morgan fingerprint density at radius 1 is 1.21 bits per heavy atom. The first-order valence-corrected chi connectivity index (χ1v) is 10.6. The summed E-state index contributed by atoms with van der Waals surface area (Å²) in [7, 11) is 1.82. The summed E-state index contributed by atoms with van der Waals surface area (Å²) in [5.41, 5.74) is 1.50. The molecule has 10 heteroatoms. The van der Waals surface area contributed by atoms with Crippen LogP contribution in [0.1, 0.15) is 31.1 Å². The number of aromatic nitrogens is 6. The van der Waals surface area contributed by atoms with E-state index in [1.54, 1.807) is 62.2 Å². The SMILES string of the molecule is Cc1cc(OCc2ccn(C)n2)c(Cl)c(=O)n1-c1cncc(-c2ccnc(C(C)(C)O)n2)c1. The largest absolute Gasteiger partial charge is 0.485 e. The van der Waals surface area contributed by atoms with Crippen LogP contribution in [-0.4, -0.2) is 34.4 Å². The van der Waals surface area contributed by atoms with Gasteiger partial charge in [0.2, 0.25) is 0 Å². The molecule has 0 spiro atoms. The number of aliphatic hydroxyl groups is 1. The topological polar surface area (TPSA) is 108 Å². The molecule has 1 N–H and O–H groups in total. The molecule has 4 aromatic rings. The zero-order valence-electron chi connectivity index (χ0n) is 18.7. The van der Waals surface area contributed by atoms with Crippen LogP contribution in [0.5, 0.6) is 5.75 Å². The molecule has 0 fully saturated rings. The van der Waals surface area contributed by atoms with Crippen LogP contribution in [0.25, 0.3) is 16.9 Å².